The standard InChI is InChI=1S/C14H18Cl2O3/c1-8(2)4-9(3)7-19-13-11(14(17)18)5-10(15)6-12(13)16/h5-6,8-9H,4,7H2,1-3H3,(H,17,18). The lowest BCUT2D eigenvalue weighted by Gasteiger charge is -2.17. The smallest absolute Gasteiger partial charge is 0.339 e. The summed E-state index contributed by atoms with van der Waals surface area (Å²) in [5, 5.41) is 9.63. The third-order valence-electron chi connectivity index (χ3n) is 2.62. The Morgan fingerprint density at radius 3 is 2.47 bits per heavy atom. The van der Waals surface area contributed by atoms with Crippen molar-refractivity contribution < 1.29 is 14.6 Å². The summed E-state index contributed by atoms with van der Waals surface area (Å²) in [6, 6.07) is 2.83. The number of hydrogen-bond acceptors (Lipinski definition) is 2. The Bertz CT molecular complexity index is 458. The molecule has 1 N–H and O–H groups in total. The van der Waals surface area contributed by atoms with Crippen LogP contribution in [0.15, 0.2) is 12.1 Å². The molecule has 106 valence electrons. The number of carboxylic acid groups (broad SMARTS) is 1. The molecule has 0 heterocycles. The number of carboxylic acids is 1. The van der Waals surface area contributed by atoms with Crippen LogP contribution in [0.5, 0.6) is 5.75 Å². The zero-order chi connectivity index (χ0) is 14.6. The van der Waals surface area contributed by atoms with Crippen molar-refractivity contribution in [1.82, 2.24) is 0 Å². The van der Waals surface area contributed by atoms with Gasteiger partial charge in [-0.25, -0.2) is 4.79 Å². The predicted molar refractivity (Wildman–Crippen MR) is 77.5 cm³/mol. The number of benzene rings is 1. The van der Waals surface area contributed by atoms with Crippen LogP contribution in [-0.2, 0) is 0 Å². The number of halogens is 2. The first kappa shape index (κ1) is 16.1. The van der Waals surface area contributed by atoms with Crippen LogP contribution in [0.3, 0.4) is 0 Å². The first-order chi connectivity index (χ1) is 8.81. The SMILES string of the molecule is CC(C)CC(C)COc1c(Cl)cc(Cl)cc1C(=O)O. The molecule has 1 atom stereocenters. The van der Waals surface area contributed by atoms with E-state index in [2.05, 4.69) is 20.8 Å². The number of carbonyl (C=O) groups is 1. The predicted octanol–water partition coefficient (Wildman–Crippen LogP) is 4.75. The normalized spacial score (nSPS) is 12.5. The fourth-order valence-electron chi connectivity index (χ4n) is 1.96. The lowest BCUT2D eigenvalue weighted by molar-refractivity contribution is 0.0691. The highest BCUT2D eigenvalue weighted by Gasteiger charge is 2.17. The third-order valence-corrected chi connectivity index (χ3v) is 3.12. The van der Waals surface area contributed by atoms with Crippen molar-refractivity contribution in [2.45, 2.75) is 27.2 Å². The van der Waals surface area contributed by atoms with Gasteiger partial charge in [-0.1, -0.05) is 44.0 Å². The summed E-state index contributed by atoms with van der Waals surface area (Å²) >= 11 is 11.8. The fourth-order valence-corrected chi connectivity index (χ4v) is 2.51. The van der Waals surface area contributed by atoms with Gasteiger partial charge in [-0.2, -0.15) is 0 Å². The molecule has 0 bridgehead atoms. The molecular weight excluding hydrogens is 287 g/mol. The largest absolute Gasteiger partial charge is 0.491 e. The molecule has 1 aromatic rings. The van der Waals surface area contributed by atoms with E-state index in [4.69, 9.17) is 33.0 Å². The van der Waals surface area contributed by atoms with E-state index in [0.29, 0.717) is 18.4 Å². The van der Waals surface area contributed by atoms with Crippen LogP contribution in [-0.4, -0.2) is 17.7 Å². The van der Waals surface area contributed by atoms with Crippen LogP contribution in [0.1, 0.15) is 37.6 Å². The third kappa shape index (κ3) is 4.92. The van der Waals surface area contributed by atoms with Gasteiger partial charge in [-0.15, -0.1) is 0 Å². The second-order valence-corrected chi connectivity index (χ2v) is 5.96. The van der Waals surface area contributed by atoms with Crippen LogP contribution in [0, 0.1) is 11.8 Å². The Hall–Kier alpha value is -0.930. The van der Waals surface area contributed by atoms with Crippen molar-refractivity contribution in [3.8, 4) is 5.75 Å². The van der Waals surface area contributed by atoms with Crippen molar-refractivity contribution in [1.29, 1.82) is 0 Å². The second-order valence-electron chi connectivity index (χ2n) is 5.12. The van der Waals surface area contributed by atoms with Gasteiger partial charge in [0.05, 0.1) is 11.6 Å². The summed E-state index contributed by atoms with van der Waals surface area (Å²) in [5.41, 5.74) is -0.00533. The van der Waals surface area contributed by atoms with E-state index < -0.39 is 5.97 Å². The van der Waals surface area contributed by atoms with Gasteiger partial charge in [0.25, 0.3) is 0 Å². The average molecular weight is 305 g/mol. The van der Waals surface area contributed by atoms with Crippen LogP contribution < -0.4 is 4.74 Å². The molecule has 0 aliphatic heterocycles. The Balaban J connectivity index is 2.85. The highest BCUT2D eigenvalue weighted by atomic mass is 35.5. The lowest BCUT2D eigenvalue weighted by Crippen LogP contribution is -2.13. The van der Waals surface area contributed by atoms with Gasteiger partial charge in [0.1, 0.15) is 5.56 Å². The minimum atomic E-state index is -1.10. The molecule has 0 saturated heterocycles. The summed E-state index contributed by atoms with van der Waals surface area (Å²) in [7, 11) is 0. The Labute approximate surface area is 123 Å². The van der Waals surface area contributed by atoms with Crippen LogP contribution in [0.25, 0.3) is 0 Å². The van der Waals surface area contributed by atoms with Gasteiger partial charge < -0.3 is 9.84 Å². The Kier molecular flexibility index (Phi) is 5.95. The van der Waals surface area contributed by atoms with E-state index in [0.717, 1.165) is 6.42 Å². The van der Waals surface area contributed by atoms with Crippen LogP contribution in [0.4, 0.5) is 0 Å². The molecule has 0 spiro atoms. The fraction of sp³-hybridized carbons (Fsp3) is 0.500. The summed E-state index contributed by atoms with van der Waals surface area (Å²) in [6.45, 7) is 6.76. The van der Waals surface area contributed by atoms with Gasteiger partial charge in [-0.05, 0) is 30.4 Å². The average Bonchev–Trinajstić information content (AvgIpc) is 2.25. The first-order valence-electron chi connectivity index (χ1n) is 6.16. The van der Waals surface area contributed by atoms with E-state index >= 15 is 0 Å². The number of rotatable bonds is 6. The lowest BCUT2D eigenvalue weighted by atomic mass is 10.00. The van der Waals surface area contributed by atoms with E-state index in [1.165, 1.54) is 12.1 Å². The molecule has 0 aliphatic carbocycles. The van der Waals surface area contributed by atoms with E-state index in [-0.39, 0.29) is 21.4 Å². The number of ether oxygens (including phenoxy) is 1. The molecule has 0 radical (unpaired) electrons. The second kappa shape index (κ2) is 7.01. The zero-order valence-electron chi connectivity index (χ0n) is 11.2. The molecule has 0 fully saturated rings. The molecule has 0 aliphatic rings. The van der Waals surface area contributed by atoms with Crippen molar-refractivity contribution in [2.24, 2.45) is 11.8 Å². The first-order valence-corrected chi connectivity index (χ1v) is 6.92. The van der Waals surface area contributed by atoms with Crippen molar-refractivity contribution in [3.05, 3.63) is 27.7 Å². The highest BCUT2D eigenvalue weighted by molar-refractivity contribution is 6.36. The maximum absolute atomic E-state index is 11.2. The van der Waals surface area contributed by atoms with Crippen LogP contribution >= 0.6 is 23.2 Å². The Morgan fingerprint density at radius 2 is 1.95 bits per heavy atom. The summed E-state index contributed by atoms with van der Waals surface area (Å²) in [6.07, 6.45) is 1.01. The Morgan fingerprint density at radius 1 is 1.32 bits per heavy atom. The van der Waals surface area contributed by atoms with Crippen molar-refractivity contribution >= 4 is 29.2 Å². The van der Waals surface area contributed by atoms with Crippen LogP contribution in [0.2, 0.25) is 10.0 Å². The molecule has 1 rings (SSSR count). The number of aromatic carboxylic acids is 1. The molecule has 5 heteroatoms. The molecule has 19 heavy (non-hydrogen) atoms. The maximum atomic E-state index is 11.2. The zero-order valence-corrected chi connectivity index (χ0v) is 12.8. The molecule has 1 aromatic carbocycles. The topological polar surface area (TPSA) is 46.5 Å². The van der Waals surface area contributed by atoms with Crippen molar-refractivity contribution in [3.63, 3.8) is 0 Å². The van der Waals surface area contributed by atoms with Gasteiger partial charge in [-0.3, -0.25) is 0 Å². The van der Waals surface area contributed by atoms with E-state index in [1.807, 2.05) is 0 Å². The minimum Gasteiger partial charge on any atom is -0.491 e. The van der Waals surface area contributed by atoms with E-state index in [1.54, 1.807) is 0 Å². The van der Waals surface area contributed by atoms with Gasteiger partial charge in [0.15, 0.2) is 5.75 Å². The van der Waals surface area contributed by atoms with Gasteiger partial charge in [0.2, 0.25) is 0 Å². The summed E-state index contributed by atoms with van der Waals surface area (Å²) in [4.78, 5) is 11.2. The van der Waals surface area contributed by atoms with Gasteiger partial charge >= 0.3 is 5.97 Å². The highest BCUT2D eigenvalue weighted by Crippen LogP contribution is 2.33. The molecular formula is C14H18Cl2O3. The monoisotopic (exact) mass is 304 g/mol. The van der Waals surface area contributed by atoms with E-state index in [9.17, 15) is 4.79 Å². The van der Waals surface area contributed by atoms with Gasteiger partial charge in [0, 0.05) is 5.02 Å². The molecule has 3 nitrogen and oxygen atoms in total. The minimum absolute atomic E-state index is 0.00533. The molecule has 0 saturated carbocycles. The molecule has 0 aromatic heterocycles. The summed E-state index contributed by atoms with van der Waals surface area (Å²) in [5.74, 6) is -0.0169. The quantitative estimate of drug-likeness (QED) is 0.824. The molecule has 0 amide bonds. The summed E-state index contributed by atoms with van der Waals surface area (Å²) < 4.78 is 5.58. The molecule has 1 unspecified atom stereocenters. The number of hydrogen-bond donors (Lipinski definition) is 1. The maximum Gasteiger partial charge on any atom is 0.339 e. The van der Waals surface area contributed by atoms with Crippen molar-refractivity contribution in [2.75, 3.05) is 6.61 Å².